The zero-order chi connectivity index (χ0) is 17.5. The number of aliphatic hydroxyl groups excluding tert-OH is 1. The molecule has 138 valence electrons. The second-order valence-corrected chi connectivity index (χ2v) is 6.73. The number of carbonyl (C=O) groups excluding carboxylic acids is 1. The first-order valence-corrected chi connectivity index (χ1v) is 9.21. The van der Waals surface area contributed by atoms with Gasteiger partial charge in [-0.2, -0.15) is 0 Å². The van der Waals surface area contributed by atoms with Crippen LogP contribution in [0.25, 0.3) is 0 Å². The summed E-state index contributed by atoms with van der Waals surface area (Å²) in [5, 5.41) is 16.5. The van der Waals surface area contributed by atoms with E-state index in [4.69, 9.17) is 4.74 Å². The van der Waals surface area contributed by atoms with Crippen LogP contribution in [0.4, 0.5) is 10.6 Å². The van der Waals surface area contributed by atoms with Crippen molar-refractivity contribution in [3.63, 3.8) is 0 Å². The zero-order valence-corrected chi connectivity index (χ0v) is 14.6. The van der Waals surface area contributed by atoms with Crippen LogP contribution in [-0.4, -0.2) is 66.0 Å². The van der Waals surface area contributed by atoms with Gasteiger partial charge in [0, 0.05) is 44.4 Å². The summed E-state index contributed by atoms with van der Waals surface area (Å²) in [6.07, 6.45) is 4.81. The summed E-state index contributed by atoms with van der Waals surface area (Å²) in [6.45, 7) is 3.29. The van der Waals surface area contributed by atoms with Crippen molar-refractivity contribution in [2.75, 3.05) is 38.2 Å². The van der Waals surface area contributed by atoms with Gasteiger partial charge in [-0.3, -0.25) is 0 Å². The highest BCUT2D eigenvalue weighted by Gasteiger charge is 2.39. The van der Waals surface area contributed by atoms with Gasteiger partial charge >= 0.3 is 6.03 Å². The van der Waals surface area contributed by atoms with Crippen molar-refractivity contribution in [3.8, 4) is 0 Å². The number of anilines is 1. The van der Waals surface area contributed by atoms with Crippen LogP contribution in [-0.2, 0) is 4.74 Å². The number of rotatable bonds is 6. The van der Waals surface area contributed by atoms with E-state index in [1.165, 1.54) is 0 Å². The molecule has 3 unspecified atom stereocenters. The van der Waals surface area contributed by atoms with Gasteiger partial charge in [0.1, 0.15) is 5.82 Å². The monoisotopic (exact) mass is 348 g/mol. The predicted octanol–water partition coefficient (Wildman–Crippen LogP) is 1.45. The number of nitrogens with zero attached hydrogens (tertiary/aromatic N) is 2. The number of likely N-dealkylation sites (tertiary alicyclic amines) is 1. The van der Waals surface area contributed by atoms with Gasteiger partial charge < -0.3 is 25.4 Å². The highest BCUT2D eigenvalue weighted by Crippen LogP contribution is 2.29. The van der Waals surface area contributed by atoms with Gasteiger partial charge in [0.05, 0.1) is 12.7 Å². The lowest BCUT2D eigenvalue weighted by Crippen LogP contribution is -2.51. The molecule has 2 saturated heterocycles. The SMILES string of the molecule is O=C(NCCCNc1ccccn1)N1CCCC1C1COCCC1O. The number of ether oxygens (including phenoxy) is 1. The van der Waals surface area contributed by atoms with Gasteiger partial charge in [0.15, 0.2) is 0 Å². The molecule has 0 spiro atoms. The minimum Gasteiger partial charge on any atom is -0.393 e. The van der Waals surface area contributed by atoms with Crippen molar-refractivity contribution in [2.45, 2.75) is 37.8 Å². The quantitative estimate of drug-likeness (QED) is 0.678. The van der Waals surface area contributed by atoms with Crippen molar-refractivity contribution in [3.05, 3.63) is 24.4 Å². The molecule has 3 atom stereocenters. The van der Waals surface area contributed by atoms with E-state index in [0.717, 1.165) is 38.2 Å². The third-order valence-corrected chi connectivity index (χ3v) is 5.02. The number of hydrogen-bond donors (Lipinski definition) is 3. The minimum atomic E-state index is -0.366. The largest absolute Gasteiger partial charge is 0.393 e. The summed E-state index contributed by atoms with van der Waals surface area (Å²) >= 11 is 0. The molecule has 0 radical (unpaired) electrons. The number of carbonyl (C=O) groups is 1. The zero-order valence-electron chi connectivity index (χ0n) is 14.6. The van der Waals surface area contributed by atoms with E-state index in [0.29, 0.717) is 26.2 Å². The number of aliphatic hydroxyl groups is 1. The van der Waals surface area contributed by atoms with E-state index in [1.807, 2.05) is 23.1 Å². The van der Waals surface area contributed by atoms with Crippen LogP contribution in [0.5, 0.6) is 0 Å². The van der Waals surface area contributed by atoms with Crippen molar-refractivity contribution in [1.82, 2.24) is 15.2 Å². The Balaban J connectivity index is 1.39. The van der Waals surface area contributed by atoms with Gasteiger partial charge in [-0.15, -0.1) is 0 Å². The second-order valence-electron chi connectivity index (χ2n) is 6.73. The third-order valence-electron chi connectivity index (χ3n) is 5.02. The fraction of sp³-hybridized carbons (Fsp3) is 0.667. The van der Waals surface area contributed by atoms with E-state index >= 15 is 0 Å². The molecule has 0 aromatic carbocycles. The number of hydrogen-bond acceptors (Lipinski definition) is 5. The van der Waals surface area contributed by atoms with Crippen LogP contribution in [0.2, 0.25) is 0 Å². The first-order chi connectivity index (χ1) is 12.3. The Morgan fingerprint density at radius 2 is 2.28 bits per heavy atom. The summed E-state index contributed by atoms with van der Waals surface area (Å²) < 4.78 is 5.52. The van der Waals surface area contributed by atoms with E-state index in [9.17, 15) is 9.90 Å². The minimum absolute atomic E-state index is 0.0295. The molecule has 1 aromatic heterocycles. The average Bonchev–Trinajstić information content (AvgIpc) is 3.12. The fourth-order valence-corrected chi connectivity index (χ4v) is 3.67. The summed E-state index contributed by atoms with van der Waals surface area (Å²) in [4.78, 5) is 18.6. The van der Waals surface area contributed by atoms with Gasteiger partial charge in [-0.05, 0) is 37.8 Å². The van der Waals surface area contributed by atoms with Crippen LogP contribution in [0, 0.1) is 5.92 Å². The molecule has 3 N–H and O–H groups in total. The summed E-state index contributed by atoms with van der Waals surface area (Å²) in [6, 6.07) is 5.80. The number of nitrogens with one attached hydrogen (secondary N) is 2. The molecule has 2 fully saturated rings. The number of aromatic nitrogens is 1. The van der Waals surface area contributed by atoms with Crippen molar-refractivity contribution >= 4 is 11.8 Å². The molecule has 7 nitrogen and oxygen atoms in total. The predicted molar refractivity (Wildman–Crippen MR) is 95.4 cm³/mol. The lowest BCUT2D eigenvalue weighted by atomic mass is 9.89. The molecular formula is C18H28N4O3. The van der Waals surface area contributed by atoms with Crippen LogP contribution >= 0.6 is 0 Å². The molecule has 1 aromatic rings. The summed E-state index contributed by atoms with van der Waals surface area (Å²) in [5.41, 5.74) is 0. The molecule has 25 heavy (non-hydrogen) atoms. The molecule has 3 heterocycles. The fourth-order valence-electron chi connectivity index (χ4n) is 3.67. The van der Waals surface area contributed by atoms with Crippen LogP contribution in [0.1, 0.15) is 25.7 Å². The normalized spacial score (nSPS) is 26.4. The van der Waals surface area contributed by atoms with E-state index in [-0.39, 0.29) is 24.1 Å². The molecule has 7 heteroatoms. The molecule has 0 aliphatic carbocycles. The maximum absolute atomic E-state index is 12.5. The number of pyridine rings is 1. The topological polar surface area (TPSA) is 86.7 Å². The van der Waals surface area contributed by atoms with Gasteiger partial charge in [0.2, 0.25) is 0 Å². The molecule has 2 aliphatic heterocycles. The Hall–Kier alpha value is -1.86. The Kier molecular flexibility index (Phi) is 6.47. The molecule has 2 amide bonds. The molecule has 3 rings (SSSR count). The Morgan fingerprint density at radius 3 is 3.08 bits per heavy atom. The van der Waals surface area contributed by atoms with Crippen LogP contribution in [0.15, 0.2) is 24.4 Å². The number of urea groups is 1. The molecule has 2 aliphatic rings. The Bertz CT molecular complexity index is 542. The molecular weight excluding hydrogens is 320 g/mol. The van der Waals surface area contributed by atoms with Crippen molar-refractivity contribution in [2.24, 2.45) is 5.92 Å². The maximum Gasteiger partial charge on any atom is 0.317 e. The third kappa shape index (κ3) is 4.83. The Labute approximate surface area is 148 Å². The van der Waals surface area contributed by atoms with E-state index in [2.05, 4.69) is 15.6 Å². The van der Waals surface area contributed by atoms with Crippen molar-refractivity contribution in [1.29, 1.82) is 0 Å². The first kappa shape index (κ1) is 17.9. The van der Waals surface area contributed by atoms with E-state index in [1.54, 1.807) is 6.20 Å². The van der Waals surface area contributed by atoms with Crippen molar-refractivity contribution < 1.29 is 14.6 Å². The highest BCUT2D eigenvalue weighted by molar-refractivity contribution is 5.74. The average molecular weight is 348 g/mol. The number of amides is 2. The molecule has 0 saturated carbocycles. The summed E-state index contributed by atoms with van der Waals surface area (Å²) in [7, 11) is 0. The maximum atomic E-state index is 12.5. The van der Waals surface area contributed by atoms with Crippen LogP contribution in [0.3, 0.4) is 0 Å². The van der Waals surface area contributed by atoms with Gasteiger partial charge in [-0.25, -0.2) is 9.78 Å². The standard InChI is InChI=1S/C18H28N4O3/c23-16-7-12-25-13-14(16)15-5-3-11-22(15)18(24)21-10-4-9-20-17-6-1-2-8-19-17/h1-2,6,8,14-16,23H,3-5,7,9-13H2,(H,19,20)(H,21,24). The molecule has 0 bridgehead atoms. The van der Waals surface area contributed by atoms with Crippen LogP contribution < -0.4 is 10.6 Å². The van der Waals surface area contributed by atoms with E-state index < -0.39 is 0 Å². The Morgan fingerprint density at radius 1 is 1.36 bits per heavy atom. The van der Waals surface area contributed by atoms with Gasteiger partial charge in [0.25, 0.3) is 0 Å². The van der Waals surface area contributed by atoms with Gasteiger partial charge in [-0.1, -0.05) is 6.07 Å². The first-order valence-electron chi connectivity index (χ1n) is 9.21. The highest BCUT2D eigenvalue weighted by atomic mass is 16.5. The summed E-state index contributed by atoms with van der Waals surface area (Å²) in [5.74, 6) is 0.882. The lowest BCUT2D eigenvalue weighted by Gasteiger charge is -2.36. The lowest BCUT2D eigenvalue weighted by molar-refractivity contribution is -0.0576. The smallest absolute Gasteiger partial charge is 0.317 e. The second kappa shape index (κ2) is 9.01.